The normalized spacial score (nSPS) is 11.4. The zero-order chi connectivity index (χ0) is 22.8. The number of hydrogen-bond donors (Lipinski definition) is 1. The summed E-state index contributed by atoms with van der Waals surface area (Å²) in [4.78, 5) is 0. The predicted molar refractivity (Wildman–Crippen MR) is 142 cm³/mol. The van der Waals surface area contributed by atoms with Crippen LogP contribution in [0.25, 0.3) is 10.8 Å². The molecule has 0 aromatic heterocycles. The van der Waals surface area contributed by atoms with Gasteiger partial charge in [-0.05, 0) is 24.3 Å². The first kappa shape index (κ1) is 27.5. The van der Waals surface area contributed by atoms with Crippen molar-refractivity contribution in [3.63, 3.8) is 0 Å². The van der Waals surface area contributed by atoms with Crippen molar-refractivity contribution in [2.75, 3.05) is 33.4 Å². The van der Waals surface area contributed by atoms with Gasteiger partial charge in [0.05, 0.1) is 27.7 Å². The fourth-order valence-corrected chi connectivity index (χ4v) is 4.03. The Bertz CT molecular complexity index is 666. The van der Waals surface area contributed by atoms with E-state index in [0.29, 0.717) is 0 Å². The number of nitrogens with two attached hydrogens (primary N) is 1. The second-order valence-electron chi connectivity index (χ2n) is 10.2. The minimum atomic E-state index is 0.850. The van der Waals surface area contributed by atoms with Crippen molar-refractivity contribution < 1.29 is 4.48 Å². The van der Waals surface area contributed by atoms with Gasteiger partial charge in [0.1, 0.15) is 0 Å². The van der Waals surface area contributed by atoms with Gasteiger partial charge in [-0.1, -0.05) is 120 Å². The lowest BCUT2D eigenvalue weighted by Crippen LogP contribution is -2.35. The lowest BCUT2D eigenvalue weighted by molar-refractivity contribution is -0.870. The van der Waals surface area contributed by atoms with Crippen molar-refractivity contribution in [3.8, 4) is 0 Å². The van der Waals surface area contributed by atoms with Crippen LogP contribution in [0.4, 0.5) is 5.69 Å². The van der Waals surface area contributed by atoms with Crippen LogP contribution >= 0.6 is 0 Å². The highest BCUT2D eigenvalue weighted by Gasteiger charge is 2.04. The summed E-state index contributed by atoms with van der Waals surface area (Å²) in [5.74, 6) is 0. The van der Waals surface area contributed by atoms with E-state index in [0.717, 1.165) is 15.6 Å². The van der Waals surface area contributed by atoms with Crippen LogP contribution in [0.15, 0.2) is 42.5 Å². The molecule has 0 heterocycles. The fraction of sp³-hybridized carbons (Fsp3) is 0.655. The Morgan fingerprint density at radius 2 is 1.03 bits per heavy atom. The highest BCUT2D eigenvalue weighted by atomic mass is 15.3. The molecule has 0 saturated heterocycles. The Balaban J connectivity index is 0.000000361. The average Bonchev–Trinajstić information content (AvgIpc) is 2.74. The third-order valence-corrected chi connectivity index (χ3v) is 6.01. The Morgan fingerprint density at radius 1 is 0.581 bits per heavy atom. The summed E-state index contributed by atoms with van der Waals surface area (Å²) in [6.45, 7) is 3.63. The van der Waals surface area contributed by atoms with Crippen LogP contribution in [0.2, 0.25) is 0 Å². The lowest BCUT2D eigenvalue weighted by Gasteiger charge is -2.23. The van der Waals surface area contributed by atoms with Gasteiger partial charge in [0.2, 0.25) is 0 Å². The molecule has 0 saturated carbocycles. The van der Waals surface area contributed by atoms with Gasteiger partial charge in [0, 0.05) is 11.1 Å². The van der Waals surface area contributed by atoms with Crippen LogP contribution in [-0.4, -0.2) is 32.2 Å². The summed E-state index contributed by atoms with van der Waals surface area (Å²) in [6.07, 6.45) is 20.4. The Kier molecular flexibility index (Phi) is 15.1. The Labute approximate surface area is 193 Å². The number of hydrogen-bond acceptors (Lipinski definition) is 1. The van der Waals surface area contributed by atoms with Crippen molar-refractivity contribution in [1.82, 2.24) is 0 Å². The van der Waals surface area contributed by atoms with E-state index in [9.17, 15) is 0 Å². The number of nitrogen functional groups attached to an aromatic ring is 1. The first-order valence-corrected chi connectivity index (χ1v) is 13.0. The Morgan fingerprint density at radius 3 is 1.52 bits per heavy atom. The van der Waals surface area contributed by atoms with E-state index in [4.69, 9.17) is 5.73 Å². The molecule has 0 fully saturated rings. The molecule has 0 aliphatic carbocycles. The van der Waals surface area contributed by atoms with Crippen LogP contribution < -0.4 is 5.73 Å². The standard InChI is InChI=1S/C19H42N.C10H9N/c1-5-6-7-8-9-10-11-12-13-14-15-16-17-18-19-20(2,3)4;11-10-7-3-5-8-4-1-2-6-9(8)10/h5-19H2,1-4H3;1-7H,11H2/q+1;. The topological polar surface area (TPSA) is 26.0 Å². The molecule has 2 aromatic carbocycles. The van der Waals surface area contributed by atoms with Gasteiger partial charge in [-0.2, -0.15) is 0 Å². The first-order valence-electron chi connectivity index (χ1n) is 13.0. The monoisotopic (exact) mass is 427 g/mol. The van der Waals surface area contributed by atoms with Gasteiger partial charge in [0.15, 0.2) is 0 Å². The van der Waals surface area contributed by atoms with E-state index < -0.39 is 0 Å². The van der Waals surface area contributed by atoms with Crippen LogP contribution in [0.1, 0.15) is 96.8 Å². The predicted octanol–water partition coefficient (Wildman–Crippen LogP) is 8.60. The zero-order valence-electron chi connectivity index (χ0n) is 21.2. The van der Waals surface area contributed by atoms with E-state index in [1.165, 1.54) is 102 Å². The molecule has 0 spiro atoms. The number of benzene rings is 2. The van der Waals surface area contributed by atoms with Gasteiger partial charge in [-0.25, -0.2) is 0 Å². The van der Waals surface area contributed by atoms with Crippen LogP contribution in [-0.2, 0) is 0 Å². The summed E-state index contributed by atoms with van der Waals surface area (Å²) in [6, 6.07) is 14.1. The smallest absolute Gasteiger partial charge is 0.0780 e. The minimum absolute atomic E-state index is 0.850. The molecule has 0 aliphatic heterocycles. The summed E-state index contributed by atoms with van der Waals surface area (Å²) in [7, 11) is 6.88. The molecule has 0 atom stereocenters. The van der Waals surface area contributed by atoms with Gasteiger partial charge in [-0.15, -0.1) is 0 Å². The number of rotatable bonds is 15. The van der Waals surface area contributed by atoms with E-state index in [-0.39, 0.29) is 0 Å². The van der Waals surface area contributed by atoms with Gasteiger partial charge >= 0.3 is 0 Å². The summed E-state index contributed by atoms with van der Waals surface area (Å²) in [5, 5.41) is 2.34. The molecule has 0 bridgehead atoms. The largest absolute Gasteiger partial charge is 0.398 e. The fourth-order valence-electron chi connectivity index (χ4n) is 4.03. The average molecular weight is 428 g/mol. The van der Waals surface area contributed by atoms with Gasteiger partial charge in [0.25, 0.3) is 0 Å². The van der Waals surface area contributed by atoms with E-state index in [2.05, 4.69) is 40.2 Å². The van der Waals surface area contributed by atoms with Crippen LogP contribution in [0.3, 0.4) is 0 Å². The van der Waals surface area contributed by atoms with Crippen molar-refractivity contribution in [1.29, 1.82) is 0 Å². The van der Waals surface area contributed by atoms with E-state index in [1.807, 2.05) is 30.3 Å². The van der Waals surface area contributed by atoms with Crippen molar-refractivity contribution >= 4 is 16.5 Å². The molecule has 2 nitrogen and oxygen atoms in total. The van der Waals surface area contributed by atoms with Crippen molar-refractivity contribution in [2.24, 2.45) is 0 Å². The number of nitrogens with zero attached hydrogens (tertiary/aromatic N) is 1. The molecule has 0 aliphatic rings. The molecular weight excluding hydrogens is 376 g/mol. The maximum atomic E-state index is 5.76. The number of quaternary nitrogens is 1. The molecular formula is C29H51N2+. The quantitative estimate of drug-likeness (QED) is 0.172. The van der Waals surface area contributed by atoms with Gasteiger partial charge in [-0.3, -0.25) is 0 Å². The van der Waals surface area contributed by atoms with Crippen LogP contribution in [0, 0.1) is 0 Å². The number of fused-ring (bicyclic) bond motifs is 1. The zero-order valence-corrected chi connectivity index (χ0v) is 21.2. The van der Waals surface area contributed by atoms with E-state index in [1.54, 1.807) is 0 Å². The second kappa shape index (κ2) is 17.1. The molecule has 176 valence electrons. The molecule has 2 heteroatoms. The molecule has 0 unspecified atom stereocenters. The molecule has 2 aromatic rings. The van der Waals surface area contributed by atoms with Crippen LogP contribution in [0.5, 0.6) is 0 Å². The molecule has 31 heavy (non-hydrogen) atoms. The number of unbranched alkanes of at least 4 members (excludes halogenated alkanes) is 13. The van der Waals surface area contributed by atoms with Crippen molar-refractivity contribution in [3.05, 3.63) is 42.5 Å². The highest BCUT2D eigenvalue weighted by molar-refractivity contribution is 5.92. The minimum Gasteiger partial charge on any atom is -0.398 e. The van der Waals surface area contributed by atoms with E-state index >= 15 is 0 Å². The molecule has 2 N–H and O–H groups in total. The highest BCUT2D eigenvalue weighted by Crippen LogP contribution is 2.19. The maximum Gasteiger partial charge on any atom is 0.0780 e. The summed E-state index contributed by atoms with van der Waals surface area (Å²) in [5.41, 5.74) is 6.61. The Hall–Kier alpha value is -1.54. The van der Waals surface area contributed by atoms with Crippen molar-refractivity contribution in [2.45, 2.75) is 96.8 Å². The second-order valence-corrected chi connectivity index (χ2v) is 10.2. The summed E-state index contributed by atoms with van der Waals surface area (Å²) >= 11 is 0. The third-order valence-electron chi connectivity index (χ3n) is 6.01. The molecule has 0 amide bonds. The lowest BCUT2D eigenvalue weighted by atomic mass is 10.0. The maximum absolute atomic E-state index is 5.76. The molecule has 0 radical (unpaired) electrons. The number of anilines is 1. The first-order chi connectivity index (χ1) is 14.9. The van der Waals surface area contributed by atoms with Gasteiger partial charge < -0.3 is 10.2 Å². The molecule has 2 rings (SSSR count). The third kappa shape index (κ3) is 15.0. The summed E-state index contributed by atoms with van der Waals surface area (Å²) < 4.78 is 1.12. The SMILES string of the molecule is CCCCCCCCCCCCCCCC[N+](C)(C)C.Nc1cccc2ccccc12.